The predicted octanol–water partition coefficient (Wildman–Crippen LogP) is 1.88. The predicted molar refractivity (Wildman–Crippen MR) is 88.1 cm³/mol. The van der Waals surface area contributed by atoms with Crippen molar-refractivity contribution in [1.29, 1.82) is 0 Å². The number of hydrogen-bond donors (Lipinski definition) is 2. The van der Waals surface area contributed by atoms with Gasteiger partial charge in [-0.3, -0.25) is 4.79 Å². The molecule has 0 aromatic heterocycles. The third-order valence-electron chi connectivity index (χ3n) is 3.33. The number of halogens is 1. The van der Waals surface area contributed by atoms with Gasteiger partial charge in [0.15, 0.2) is 6.54 Å². The van der Waals surface area contributed by atoms with E-state index in [9.17, 15) is 9.18 Å². The number of rotatable bonds is 7. The van der Waals surface area contributed by atoms with Gasteiger partial charge in [0.25, 0.3) is 5.91 Å². The van der Waals surface area contributed by atoms with E-state index in [0.29, 0.717) is 19.7 Å². The minimum atomic E-state index is -0.250. The highest BCUT2D eigenvalue weighted by Gasteiger charge is 2.11. The zero-order valence-corrected chi connectivity index (χ0v) is 13.4. The Balaban J connectivity index is 1.82. The van der Waals surface area contributed by atoms with Crippen molar-refractivity contribution in [3.8, 4) is 5.75 Å². The molecule has 2 aromatic rings. The molecule has 1 atom stereocenters. The number of amides is 1. The standard InChI is InChI=1S/C18H21FN2O2/c1-3-23-17-10-8-16(9-11-17)20-18(22)13-21(2)12-14-4-6-15(19)7-5-14/h4-11H,3,12-13H2,1-2H3,(H,20,22)/p+1. The van der Waals surface area contributed by atoms with Crippen molar-refractivity contribution < 1.29 is 18.8 Å². The quantitative estimate of drug-likeness (QED) is 0.819. The van der Waals surface area contributed by atoms with E-state index in [1.165, 1.54) is 12.1 Å². The van der Waals surface area contributed by atoms with Crippen LogP contribution < -0.4 is 15.0 Å². The van der Waals surface area contributed by atoms with E-state index in [-0.39, 0.29) is 11.7 Å². The maximum atomic E-state index is 12.9. The Morgan fingerprint density at radius 3 is 2.39 bits per heavy atom. The molecule has 0 radical (unpaired) electrons. The molecule has 2 rings (SSSR count). The first-order valence-corrected chi connectivity index (χ1v) is 7.65. The van der Waals surface area contributed by atoms with Gasteiger partial charge in [-0.05, 0) is 43.3 Å². The molecule has 2 aromatic carbocycles. The van der Waals surface area contributed by atoms with Crippen LogP contribution in [0.3, 0.4) is 0 Å². The van der Waals surface area contributed by atoms with Gasteiger partial charge in [-0.1, -0.05) is 12.1 Å². The Labute approximate surface area is 135 Å². The Hall–Kier alpha value is -2.40. The second-order valence-electron chi connectivity index (χ2n) is 5.44. The van der Waals surface area contributed by atoms with Crippen LogP contribution in [0.25, 0.3) is 0 Å². The molecule has 122 valence electrons. The molecule has 0 aliphatic carbocycles. The molecule has 0 bridgehead atoms. The third-order valence-corrected chi connectivity index (χ3v) is 3.33. The summed E-state index contributed by atoms with van der Waals surface area (Å²) in [5, 5.41) is 2.86. The molecule has 0 aliphatic rings. The first-order valence-electron chi connectivity index (χ1n) is 7.65. The van der Waals surface area contributed by atoms with Gasteiger partial charge in [-0.15, -0.1) is 0 Å². The normalized spacial score (nSPS) is 11.8. The Morgan fingerprint density at radius 1 is 1.13 bits per heavy atom. The van der Waals surface area contributed by atoms with Crippen LogP contribution in [0.2, 0.25) is 0 Å². The number of carbonyl (C=O) groups is 1. The van der Waals surface area contributed by atoms with Crippen LogP contribution in [0.1, 0.15) is 12.5 Å². The van der Waals surface area contributed by atoms with Crippen LogP contribution >= 0.6 is 0 Å². The van der Waals surface area contributed by atoms with Gasteiger partial charge < -0.3 is 15.0 Å². The fourth-order valence-corrected chi connectivity index (χ4v) is 2.29. The molecule has 0 spiro atoms. The third kappa shape index (κ3) is 5.71. The molecule has 23 heavy (non-hydrogen) atoms. The lowest BCUT2D eigenvalue weighted by atomic mass is 10.2. The second kappa shape index (κ2) is 8.29. The van der Waals surface area contributed by atoms with E-state index in [4.69, 9.17) is 4.74 Å². The van der Waals surface area contributed by atoms with Gasteiger partial charge in [0.05, 0.1) is 13.7 Å². The summed E-state index contributed by atoms with van der Waals surface area (Å²) in [6.07, 6.45) is 0. The largest absolute Gasteiger partial charge is 0.494 e. The van der Waals surface area contributed by atoms with Crippen molar-refractivity contribution in [2.75, 3.05) is 25.5 Å². The molecule has 0 aliphatic heterocycles. The molecule has 0 saturated heterocycles. The van der Waals surface area contributed by atoms with Crippen molar-refractivity contribution in [1.82, 2.24) is 0 Å². The average Bonchev–Trinajstić information content (AvgIpc) is 2.51. The average molecular weight is 317 g/mol. The van der Waals surface area contributed by atoms with Crippen molar-refractivity contribution in [2.45, 2.75) is 13.5 Å². The van der Waals surface area contributed by atoms with Gasteiger partial charge >= 0.3 is 0 Å². The topological polar surface area (TPSA) is 42.8 Å². The Bertz CT molecular complexity index is 626. The van der Waals surface area contributed by atoms with Crippen molar-refractivity contribution in [3.05, 3.63) is 59.9 Å². The molecule has 5 heteroatoms. The molecule has 1 amide bonds. The molecule has 0 heterocycles. The molecule has 0 saturated carbocycles. The first-order chi connectivity index (χ1) is 11.1. The lowest BCUT2D eigenvalue weighted by Crippen LogP contribution is -3.08. The number of ether oxygens (including phenoxy) is 1. The van der Waals surface area contributed by atoms with Crippen molar-refractivity contribution >= 4 is 11.6 Å². The van der Waals surface area contributed by atoms with E-state index in [1.54, 1.807) is 12.1 Å². The summed E-state index contributed by atoms with van der Waals surface area (Å²) < 4.78 is 18.2. The summed E-state index contributed by atoms with van der Waals surface area (Å²) >= 11 is 0. The smallest absolute Gasteiger partial charge is 0.279 e. The van der Waals surface area contributed by atoms with Crippen LogP contribution in [-0.4, -0.2) is 26.1 Å². The monoisotopic (exact) mass is 317 g/mol. The van der Waals surface area contributed by atoms with Crippen LogP contribution in [0.4, 0.5) is 10.1 Å². The van der Waals surface area contributed by atoms with Crippen molar-refractivity contribution in [3.63, 3.8) is 0 Å². The lowest BCUT2D eigenvalue weighted by molar-refractivity contribution is -0.885. The number of anilines is 1. The molecule has 4 nitrogen and oxygen atoms in total. The minimum Gasteiger partial charge on any atom is -0.494 e. The molecule has 0 fully saturated rings. The summed E-state index contributed by atoms with van der Waals surface area (Å²) in [5.41, 5.74) is 1.74. The number of hydrogen-bond acceptors (Lipinski definition) is 2. The number of nitrogens with one attached hydrogen (secondary N) is 2. The number of likely N-dealkylation sites (N-methyl/N-ethyl adjacent to an activating group) is 1. The van der Waals surface area contributed by atoms with Gasteiger partial charge in [-0.2, -0.15) is 0 Å². The highest BCUT2D eigenvalue weighted by atomic mass is 19.1. The van der Waals surface area contributed by atoms with Gasteiger partial charge in [0.1, 0.15) is 18.1 Å². The van der Waals surface area contributed by atoms with Gasteiger partial charge in [0, 0.05) is 11.3 Å². The summed E-state index contributed by atoms with van der Waals surface area (Å²) in [5.74, 6) is 0.470. The maximum Gasteiger partial charge on any atom is 0.279 e. The fourth-order valence-electron chi connectivity index (χ4n) is 2.29. The zero-order chi connectivity index (χ0) is 16.7. The number of benzene rings is 2. The fraction of sp³-hybridized carbons (Fsp3) is 0.278. The number of carbonyl (C=O) groups excluding carboxylic acids is 1. The van der Waals surface area contributed by atoms with Gasteiger partial charge in [0.2, 0.25) is 0 Å². The summed E-state index contributed by atoms with van der Waals surface area (Å²) in [4.78, 5) is 13.1. The van der Waals surface area contributed by atoms with E-state index in [1.807, 2.05) is 38.2 Å². The van der Waals surface area contributed by atoms with E-state index >= 15 is 0 Å². The summed E-state index contributed by atoms with van der Waals surface area (Å²) in [6, 6.07) is 13.6. The highest BCUT2D eigenvalue weighted by molar-refractivity contribution is 5.91. The summed E-state index contributed by atoms with van der Waals surface area (Å²) in [7, 11) is 1.93. The van der Waals surface area contributed by atoms with E-state index < -0.39 is 0 Å². The van der Waals surface area contributed by atoms with Crippen LogP contribution in [0.15, 0.2) is 48.5 Å². The lowest BCUT2D eigenvalue weighted by Gasteiger charge is -2.14. The summed E-state index contributed by atoms with van der Waals surface area (Å²) in [6.45, 7) is 3.54. The van der Waals surface area contributed by atoms with Gasteiger partial charge in [-0.25, -0.2) is 4.39 Å². The second-order valence-corrected chi connectivity index (χ2v) is 5.44. The van der Waals surface area contributed by atoms with Crippen LogP contribution in [-0.2, 0) is 11.3 Å². The maximum absolute atomic E-state index is 12.9. The molecular weight excluding hydrogens is 295 g/mol. The minimum absolute atomic E-state index is 0.0613. The van der Waals surface area contributed by atoms with E-state index in [0.717, 1.165) is 21.9 Å². The van der Waals surface area contributed by atoms with Crippen LogP contribution in [0.5, 0.6) is 5.75 Å². The van der Waals surface area contributed by atoms with Crippen LogP contribution in [0, 0.1) is 5.82 Å². The molecular formula is C18H22FN2O2+. The van der Waals surface area contributed by atoms with Crippen molar-refractivity contribution in [2.24, 2.45) is 0 Å². The Kier molecular flexibility index (Phi) is 6.11. The molecule has 1 unspecified atom stereocenters. The van der Waals surface area contributed by atoms with E-state index in [2.05, 4.69) is 5.32 Å². The molecule has 2 N–H and O–H groups in total. The SMILES string of the molecule is CCOc1ccc(NC(=O)C[NH+](C)Cc2ccc(F)cc2)cc1. The first kappa shape index (κ1) is 17.0. The zero-order valence-electron chi connectivity index (χ0n) is 13.4. The Morgan fingerprint density at radius 2 is 1.78 bits per heavy atom. The number of quaternary nitrogens is 1. The highest BCUT2D eigenvalue weighted by Crippen LogP contribution is 2.15.